The number of nitrogens with zero attached hydrogens (tertiary/aromatic N) is 2. The van der Waals surface area contributed by atoms with Gasteiger partial charge in [0, 0.05) is 32.6 Å². The van der Waals surface area contributed by atoms with Gasteiger partial charge in [-0.1, -0.05) is 18.2 Å². The number of ether oxygens (including phenoxy) is 1. The molecule has 9 heteroatoms. The Balaban J connectivity index is 2.03. The highest BCUT2D eigenvalue weighted by atomic mass is 35.5. The van der Waals surface area contributed by atoms with Crippen molar-refractivity contribution >= 4 is 23.4 Å². The molecule has 0 atom stereocenters. The molecule has 0 saturated carbocycles. The van der Waals surface area contributed by atoms with Crippen LogP contribution in [0.4, 0.5) is 13.2 Å². The number of benzene rings is 1. The second-order valence-corrected chi connectivity index (χ2v) is 6.46. The summed E-state index contributed by atoms with van der Waals surface area (Å²) in [6, 6.07) is 2.04. The van der Waals surface area contributed by atoms with Crippen molar-refractivity contribution in [2.75, 3.05) is 33.3 Å². The van der Waals surface area contributed by atoms with E-state index in [1.165, 1.54) is 13.2 Å². The molecule has 2 amide bonds. The van der Waals surface area contributed by atoms with Crippen LogP contribution in [0.15, 0.2) is 24.8 Å². The zero-order valence-electron chi connectivity index (χ0n) is 14.8. The van der Waals surface area contributed by atoms with Crippen LogP contribution in [-0.4, -0.2) is 54.9 Å². The van der Waals surface area contributed by atoms with E-state index in [0.29, 0.717) is 26.2 Å². The van der Waals surface area contributed by atoms with Crippen LogP contribution in [0.2, 0.25) is 5.02 Å². The van der Waals surface area contributed by atoms with Crippen molar-refractivity contribution in [3.63, 3.8) is 0 Å². The van der Waals surface area contributed by atoms with Gasteiger partial charge in [-0.05, 0) is 30.2 Å². The van der Waals surface area contributed by atoms with Gasteiger partial charge in [-0.3, -0.25) is 9.59 Å². The van der Waals surface area contributed by atoms with Crippen LogP contribution in [0.1, 0.15) is 17.5 Å². The minimum absolute atomic E-state index is 0.0324. The van der Waals surface area contributed by atoms with Crippen molar-refractivity contribution in [3.8, 4) is 5.75 Å². The van der Waals surface area contributed by atoms with Crippen molar-refractivity contribution < 1.29 is 27.5 Å². The number of aryl methyl sites for hydroxylation is 1. The molecule has 148 valence electrons. The summed E-state index contributed by atoms with van der Waals surface area (Å²) >= 11 is 5.69. The Bertz CT molecular complexity index is 729. The summed E-state index contributed by atoms with van der Waals surface area (Å²) in [5.41, 5.74) is -0.688. The van der Waals surface area contributed by atoms with E-state index >= 15 is 0 Å². The second-order valence-electron chi connectivity index (χ2n) is 6.05. The second kappa shape index (κ2) is 8.65. The molecule has 2 rings (SSSR count). The van der Waals surface area contributed by atoms with E-state index in [0.717, 1.165) is 12.1 Å². The number of hydrogen-bond donors (Lipinski definition) is 0. The highest BCUT2D eigenvalue weighted by molar-refractivity contribution is 6.31. The Morgan fingerprint density at radius 1 is 1.22 bits per heavy atom. The number of halogens is 4. The zero-order chi connectivity index (χ0) is 20.2. The van der Waals surface area contributed by atoms with E-state index in [4.69, 9.17) is 16.3 Å². The lowest BCUT2D eigenvalue weighted by Gasteiger charge is -2.34. The standard InChI is InChI=1S/C18H20ClF3N2O3/c1-3-16(25)23-6-8-24(9-7-23)17(26)5-4-12-10-13(18(20,21)22)14(19)11-15(12)27-2/h3,10-11H,1,4-9H2,2H3. The van der Waals surface area contributed by atoms with Gasteiger partial charge in [0.05, 0.1) is 17.7 Å². The van der Waals surface area contributed by atoms with Gasteiger partial charge in [0.15, 0.2) is 0 Å². The fraction of sp³-hybridized carbons (Fsp3) is 0.444. The van der Waals surface area contributed by atoms with Crippen molar-refractivity contribution in [1.82, 2.24) is 9.80 Å². The topological polar surface area (TPSA) is 49.9 Å². The number of methoxy groups -OCH3 is 1. The van der Waals surface area contributed by atoms with Crippen molar-refractivity contribution in [3.05, 3.63) is 40.9 Å². The van der Waals surface area contributed by atoms with E-state index in [9.17, 15) is 22.8 Å². The van der Waals surface area contributed by atoms with E-state index in [-0.39, 0.29) is 36.0 Å². The molecule has 0 N–H and O–H groups in total. The van der Waals surface area contributed by atoms with Crippen LogP contribution >= 0.6 is 11.6 Å². The molecule has 0 spiro atoms. The quantitative estimate of drug-likeness (QED) is 0.708. The maximum Gasteiger partial charge on any atom is 0.417 e. The normalized spacial score (nSPS) is 14.9. The Morgan fingerprint density at radius 3 is 2.33 bits per heavy atom. The van der Waals surface area contributed by atoms with Crippen LogP contribution in [0, 0.1) is 0 Å². The predicted octanol–water partition coefficient (Wildman–Crippen LogP) is 3.16. The Hall–Kier alpha value is -2.22. The summed E-state index contributed by atoms with van der Waals surface area (Å²) in [5.74, 6) is -0.166. The summed E-state index contributed by atoms with van der Waals surface area (Å²) in [6.45, 7) is 4.99. The third-order valence-electron chi connectivity index (χ3n) is 4.40. The molecule has 1 aliphatic heterocycles. The first-order chi connectivity index (χ1) is 12.7. The highest BCUT2D eigenvalue weighted by Crippen LogP contribution is 2.38. The van der Waals surface area contributed by atoms with Crippen LogP contribution < -0.4 is 4.74 Å². The summed E-state index contributed by atoms with van der Waals surface area (Å²) in [4.78, 5) is 27.1. The molecule has 1 saturated heterocycles. The van der Waals surface area contributed by atoms with Gasteiger partial charge in [0.1, 0.15) is 5.75 Å². The first kappa shape index (κ1) is 21.1. The molecule has 1 aromatic rings. The molecule has 0 aliphatic carbocycles. The summed E-state index contributed by atoms with van der Waals surface area (Å²) in [7, 11) is 1.33. The Labute approximate surface area is 160 Å². The van der Waals surface area contributed by atoms with Gasteiger partial charge in [0.25, 0.3) is 0 Å². The van der Waals surface area contributed by atoms with Crippen molar-refractivity contribution in [2.24, 2.45) is 0 Å². The molecule has 1 heterocycles. The molecule has 0 unspecified atom stereocenters. The lowest BCUT2D eigenvalue weighted by Crippen LogP contribution is -2.50. The third kappa shape index (κ3) is 5.15. The zero-order valence-corrected chi connectivity index (χ0v) is 15.6. The average Bonchev–Trinajstić information content (AvgIpc) is 2.64. The van der Waals surface area contributed by atoms with Gasteiger partial charge >= 0.3 is 6.18 Å². The SMILES string of the molecule is C=CC(=O)N1CCN(C(=O)CCc2cc(C(F)(F)F)c(Cl)cc2OC)CC1. The number of piperazine rings is 1. The highest BCUT2D eigenvalue weighted by Gasteiger charge is 2.34. The molecular formula is C18H20ClF3N2O3. The Kier molecular flexibility index (Phi) is 6.75. The molecular weight excluding hydrogens is 385 g/mol. The molecule has 1 fully saturated rings. The number of alkyl halides is 3. The van der Waals surface area contributed by atoms with E-state index in [2.05, 4.69) is 6.58 Å². The minimum Gasteiger partial charge on any atom is -0.496 e. The molecule has 0 radical (unpaired) electrons. The molecule has 27 heavy (non-hydrogen) atoms. The number of hydrogen-bond acceptors (Lipinski definition) is 3. The third-order valence-corrected chi connectivity index (χ3v) is 4.72. The summed E-state index contributed by atoms with van der Waals surface area (Å²) in [5, 5.41) is -0.447. The van der Waals surface area contributed by atoms with E-state index < -0.39 is 16.8 Å². The largest absolute Gasteiger partial charge is 0.496 e. The maximum absolute atomic E-state index is 13.0. The van der Waals surface area contributed by atoms with Gasteiger partial charge in [0.2, 0.25) is 11.8 Å². The monoisotopic (exact) mass is 404 g/mol. The van der Waals surface area contributed by atoms with Crippen LogP contribution in [-0.2, 0) is 22.2 Å². The molecule has 0 aromatic heterocycles. The van der Waals surface area contributed by atoms with E-state index in [1.807, 2.05) is 0 Å². The first-order valence-corrected chi connectivity index (χ1v) is 8.68. The van der Waals surface area contributed by atoms with Gasteiger partial charge in [-0.2, -0.15) is 13.2 Å². The number of amides is 2. The van der Waals surface area contributed by atoms with Gasteiger partial charge < -0.3 is 14.5 Å². The van der Waals surface area contributed by atoms with Gasteiger partial charge in [-0.15, -0.1) is 0 Å². The van der Waals surface area contributed by atoms with Gasteiger partial charge in [-0.25, -0.2) is 0 Å². The predicted molar refractivity (Wildman–Crippen MR) is 94.7 cm³/mol. The van der Waals surface area contributed by atoms with Crippen molar-refractivity contribution in [2.45, 2.75) is 19.0 Å². The lowest BCUT2D eigenvalue weighted by molar-refractivity contribution is -0.137. The minimum atomic E-state index is -4.59. The molecule has 1 aliphatic rings. The summed E-state index contributed by atoms with van der Waals surface area (Å²) in [6.07, 6.45) is -3.24. The lowest BCUT2D eigenvalue weighted by atomic mass is 10.0. The fourth-order valence-corrected chi connectivity index (χ4v) is 3.17. The molecule has 1 aromatic carbocycles. The first-order valence-electron chi connectivity index (χ1n) is 8.30. The summed E-state index contributed by atoms with van der Waals surface area (Å²) < 4.78 is 44.2. The van der Waals surface area contributed by atoms with Crippen LogP contribution in [0.3, 0.4) is 0 Å². The molecule has 5 nitrogen and oxygen atoms in total. The average molecular weight is 405 g/mol. The number of carbonyl (C=O) groups excluding carboxylic acids is 2. The Morgan fingerprint density at radius 2 is 1.81 bits per heavy atom. The van der Waals surface area contributed by atoms with Crippen LogP contribution in [0.5, 0.6) is 5.75 Å². The number of carbonyl (C=O) groups is 2. The maximum atomic E-state index is 13.0. The smallest absolute Gasteiger partial charge is 0.417 e. The van der Waals surface area contributed by atoms with Crippen molar-refractivity contribution in [1.29, 1.82) is 0 Å². The van der Waals surface area contributed by atoms with Crippen LogP contribution in [0.25, 0.3) is 0 Å². The number of rotatable bonds is 5. The fourth-order valence-electron chi connectivity index (χ4n) is 2.91. The molecule has 0 bridgehead atoms. The van der Waals surface area contributed by atoms with E-state index in [1.54, 1.807) is 9.80 Å².